The minimum atomic E-state index is -0.654. The van der Waals surface area contributed by atoms with E-state index < -0.39 is 12.1 Å². The summed E-state index contributed by atoms with van der Waals surface area (Å²) in [5.41, 5.74) is 0. The van der Waals surface area contributed by atoms with E-state index in [4.69, 9.17) is 0 Å². The first-order chi connectivity index (χ1) is 15.7. The van der Waals surface area contributed by atoms with Crippen molar-refractivity contribution in [3.63, 3.8) is 0 Å². The smallest absolute Gasteiger partial charge is 0.220 e. The lowest BCUT2D eigenvalue weighted by Crippen LogP contribution is -2.45. The second kappa shape index (κ2) is 24.8. The van der Waals surface area contributed by atoms with Crippen LogP contribution in [0, 0.1) is 0 Å². The highest BCUT2D eigenvalue weighted by atomic mass is 16.3. The molecule has 190 valence electrons. The van der Waals surface area contributed by atoms with Crippen molar-refractivity contribution in [2.75, 3.05) is 6.61 Å². The van der Waals surface area contributed by atoms with Crippen LogP contribution >= 0.6 is 0 Å². The molecule has 0 spiro atoms. The molecule has 0 aliphatic carbocycles. The number of rotatable bonds is 24. The SMILES string of the molecule is CCCC/C=C\CCCCCCCC(=O)NC(CO)C(O)CCCCCCCCCCC. The van der Waals surface area contributed by atoms with E-state index in [9.17, 15) is 15.0 Å². The van der Waals surface area contributed by atoms with Crippen molar-refractivity contribution in [1.29, 1.82) is 0 Å². The molecule has 1 amide bonds. The number of carbonyl (C=O) groups excluding carboxylic acids is 1. The lowest BCUT2D eigenvalue weighted by molar-refractivity contribution is -0.123. The van der Waals surface area contributed by atoms with Gasteiger partial charge in [-0.25, -0.2) is 0 Å². The average Bonchev–Trinajstić information content (AvgIpc) is 2.79. The van der Waals surface area contributed by atoms with Crippen LogP contribution in [0.5, 0.6) is 0 Å². The molecule has 0 aliphatic heterocycles. The first-order valence-corrected chi connectivity index (χ1v) is 13.9. The molecule has 0 rings (SSSR count). The van der Waals surface area contributed by atoms with Crippen molar-refractivity contribution in [3.8, 4) is 0 Å². The molecule has 2 atom stereocenters. The molecular formula is C28H55NO3. The zero-order chi connectivity index (χ0) is 23.7. The highest BCUT2D eigenvalue weighted by Crippen LogP contribution is 2.13. The molecule has 0 saturated heterocycles. The van der Waals surface area contributed by atoms with Crippen LogP contribution in [0.3, 0.4) is 0 Å². The number of aliphatic hydroxyl groups excluding tert-OH is 2. The number of carbonyl (C=O) groups is 1. The summed E-state index contributed by atoms with van der Waals surface area (Å²) in [7, 11) is 0. The van der Waals surface area contributed by atoms with Crippen molar-refractivity contribution >= 4 is 5.91 Å². The number of aliphatic hydroxyl groups is 2. The van der Waals surface area contributed by atoms with E-state index in [1.165, 1.54) is 89.9 Å². The van der Waals surface area contributed by atoms with Gasteiger partial charge in [-0.1, -0.05) is 116 Å². The zero-order valence-corrected chi connectivity index (χ0v) is 21.5. The number of allylic oxidation sites excluding steroid dienone is 2. The van der Waals surface area contributed by atoms with E-state index in [0.717, 1.165) is 25.7 Å². The van der Waals surface area contributed by atoms with Gasteiger partial charge in [0, 0.05) is 6.42 Å². The minimum absolute atomic E-state index is 0.0472. The largest absolute Gasteiger partial charge is 0.394 e. The molecule has 0 radical (unpaired) electrons. The quantitative estimate of drug-likeness (QED) is 0.107. The molecule has 0 aromatic rings. The van der Waals surface area contributed by atoms with Gasteiger partial charge in [0.15, 0.2) is 0 Å². The monoisotopic (exact) mass is 453 g/mol. The van der Waals surface area contributed by atoms with Crippen molar-refractivity contribution in [1.82, 2.24) is 5.32 Å². The Labute approximate surface area is 199 Å². The van der Waals surface area contributed by atoms with Gasteiger partial charge < -0.3 is 15.5 Å². The van der Waals surface area contributed by atoms with Crippen molar-refractivity contribution in [2.45, 2.75) is 154 Å². The molecule has 0 fully saturated rings. The van der Waals surface area contributed by atoms with Crippen LogP contribution in [0.15, 0.2) is 12.2 Å². The van der Waals surface area contributed by atoms with Gasteiger partial charge in [-0.2, -0.15) is 0 Å². The molecule has 0 aromatic heterocycles. The maximum atomic E-state index is 12.2. The van der Waals surface area contributed by atoms with Crippen molar-refractivity contribution in [2.24, 2.45) is 0 Å². The van der Waals surface area contributed by atoms with Crippen LogP contribution in [0.25, 0.3) is 0 Å². The Morgan fingerprint density at radius 2 is 1.22 bits per heavy atom. The summed E-state index contributed by atoms with van der Waals surface area (Å²) in [6, 6.07) is -0.531. The van der Waals surface area contributed by atoms with Gasteiger partial charge in [-0.15, -0.1) is 0 Å². The fourth-order valence-electron chi connectivity index (χ4n) is 4.04. The second-order valence-electron chi connectivity index (χ2n) is 9.46. The molecule has 32 heavy (non-hydrogen) atoms. The summed E-state index contributed by atoms with van der Waals surface area (Å²) in [5, 5.41) is 22.7. The molecular weight excluding hydrogens is 398 g/mol. The zero-order valence-electron chi connectivity index (χ0n) is 21.5. The standard InChI is InChI=1S/C28H55NO3/c1-3-5-7-9-11-13-14-16-18-20-22-24-28(32)29-26(25-30)27(31)23-21-19-17-15-12-10-8-6-4-2/h9,11,26-27,30-31H,3-8,10,12-25H2,1-2H3,(H,29,32)/b11-9-. The highest BCUT2D eigenvalue weighted by Gasteiger charge is 2.19. The third kappa shape index (κ3) is 21.0. The summed E-state index contributed by atoms with van der Waals surface area (Å²) in [5.74, 6) is -0.0472. The lowest BCUT2D eigenvalue weighted by Gasteiger charge is -2.22. The maximum absolute atomic E-state index is 12.2. The van der Waals surface area contributed by atoms with E-state index in [1.54, 1.807) is 0 Å². The topological polar surface area (TPSA) is 69.6 Å². The van der Waals surface area contributed by atoms with E-state index in [2.05, 4.69) is 31.3 Å². The van der Waals surface area contributed by atoms with E-state index in [1.807, 2.05) is 0 Å². The summed E-state index contributed by atoms with van der Waals surface area (Å²) < 4.78 is 0. The molecule has 2 unspecified atom stereocenters. The first-order valence-electron chi connectivity index (χ1n) is 13.9. The predicted octanol–water partition coefficient (Wildman–Crippen LogP) is 7.22. The molecule has 0 heterocycles. The number of hydrogen-bond acceptors (Lipinski definition) is 3. The number of nitrogens with one attached hydrogen (secondary N) is 1. The summed E-state index contributed by atoms with van der Waals surface area (Å²) in [6.07, 6.45) is 26.7. The van der Waals surface area contributed by atoms with Crippen LogP contribution < -0.4 is 5.32 Å². The molecule has 4 nitrogen and oxygen atoms in total. The number of unbranched alkanes of at least 4 members (excludes halogenated alkanes) is 15. The summed E-state index contributed by atoms with van der Waals surface area (Å²) in [4.78, 5) is 12.2. The molecule has 0 aromatic carbocycles. The Bertz CT molecular complexity index is 425. The van der Waals surface area contributed by atoms with Crippen molar-refractivity contribution in [3.05, 3.63) is 12.2 Å². The van der Waals surface area contributed by atoms with Crippen LogP contribution in [-0.2, 0) is 4.79 Å². The molecule has 4 heteroatoms. The van der Waals surface area contributed by atoms with Gasteiger partial charge in [0.25, 0.3) is 0 Å². The van der Waals surface area contributed by atoms with E-state index in [-0.39, 0.29) is 12.5 Å². The van der Waals surface area contributed by atoms with Crippen LogP contribution in [0.2, 0.25) is 0 Å². The first kappa shape index (κ1) is 31.1. The molecule has 0 bridgehead atoms. The molecule has 0 aliphatic rings. The number of amides is 1. The Morgan fingerprint density at radius 3 is 1.81 bits per heavy atom. The molecule has 0 saturated carbocycles. The average molecular weight is 454 g/mol. The van der Waals surface area contributed by atoms with E-state index in [0.29, 0.717) is 12.8 Å². The van der Waals surface area contributed by atoms with Crippen LogP contribution in [0.4, 0.5) is 0 Å². The highest BCUT2D eigenvalue weighted by molar-refractivity contribution is 5.76. The fraction of sp³-hybridized carbons (Fsp3) is 0.893. The van der Waals surface area contributed by atoms with Gasteiger partial charge in [-0.3, -0.25) is 4.79 Å². The summed E-state index contributed by atoms with van der Waals surface area (Å²) in [6.45, 7) is 4.26. The van der Waals surface area contributed by atoms with Gasteiger partial charge in [0.05, 0.1) is 18.8 Å². The van der Waals surface area contributed by atoms with Gasteiger partial charge in [0.1, 0.15) is 0 Å². The van der Waals surface area contributed by atoms with Gasteiger partial charge in [-0.05, 0) is 32.1 Å². The molecule has 3 N–H and O–H groups in total. The van der Waals surface area contributed by atoms with Crippen molar-refractivity contribution < 1.29 is 15.0 Å². The Kier molecular flexibility index (Phi) is 24.1. The Hall–Kier alpha value is -0.870. The van der Waals surface area contributed by atoms with Gasteiger partial charge in [0.2, 0.25) is 5.91 Å². The fourth-order valence-corrected chi connectivity index (χ4v) is 4.04. The Balaban J connectivity index is 3.66. The third-order valence-electron chi connectivity index (χ3n) is 6.28. The summed E-state index contributed by atoms with van der Waals surface area (Å²) >= 11 is 0. The van der Waals surface area contributed by atoms with Gasteiger partial charge >= 0.3 is 0 Å². The van der Waals surface area contributed by atoms with E-state index >= 15 is 0 Å². The Morgan fingerprint density at radius 1 is 0.719 bits per heavy atom. The normalized spacial score (nSPS) is 13.5. The third-order valence-corrected chi connectivity index (χ3v) is 6.28. The number of hydrogen-bond donors (Lipinski definition) is 3. The second-order valence-corrected chi connectivity index (χ2v) is 9.46. The lowest BCUT2D eigenvalue weighted by atomic mass is 10.0. The predicted molar refractivity (Wildman–Crippen MR) is 138 cm³/mol. The maximum Gasteiger partial charge on any atom is 0.220 e. The minimum Gasteiger partial charge on any atom is -0.394 e. The van der Waals surface area contributed by atoms with Crippen LogP contribution in [-0.4, -0.2) is 34.9 Å². The van der Waals surface area contributed by atoms with Crippen LogP contribution in [0.1, 0.15) is 142 Å².